The van der Waals surface area contributed by atoms with Crippen LogP contribution in [-0.4, -0.2) is 58.5 Å². The maximum Gasteiger partial charge on any atom is 0.264 e. The van der Waals surface area contributed by atoms with Crippen LogP contribution in [0.5, 0.6) is 11.5 Å². The zero-order chi connectivity index (χ0) is 30.7. The SMILES string of the molecule is CCCCNC(=O)C(CC)N(Cc1ccc(F)cc1)C(=O)CN(c1ccc(OC)c(OC)c1)S(=O)(=O)c1ccccc1. The smallest absolute Gasteiger partial charge is 0.264 e. The van der Waals surface area contributed by atoms with Crippen molar-refractivity contribution in [1.82, 2.24) is 10.2 Å². The zero-order valence-corrected chi connectivity index (χ0v) is 25.2. The highest BCUT2D eigenvalue weighted by Gasteiger charge is 2.34. The number of nitrogens with zero attached hydrogens (tertiary/aromatic N) is 2. The summed E-state index contributed by atoms with van der Waals surface area (Å²) in [4.78, 5) is 28.7. The molecule has 1 atom stereocenters. The van der Waals surface area contributed by atoms with Gasteiger partial charge in [0.1, 0.15) is 18.4 Å². The van der Waals surface area contributed by atoms with E-state index in [1.54, 1.807) is 31.2 Å². The van der Waals surface area contributed by atoms with E-state index < -0.39 is 34.3 Å². The molecule has 3 aromatic carbocycles. The fourth-order valence-electron chi connectivity index (χ4n) is 4.44. The summed E-state index contributed by atoms with van der Waals surface area (Å²) in [5.41, 5.74) is 0.764. The second-order valence-corrected chi connectivity index (χ2v) is 11.4. The van der Waals surface area contributed by atoms with E-state index in [0.29, 0.717) is 17.9 Å². The Labute approximate surface area is 247 Å². The molecule has 0 aliphatic heterocycles. The van der Waals surface area contributed by atoms with E-state index in [9.17, 15) is 22.4 Å². The van der Waals surface area contributed by atoms with E-state index in [1.807, 2.05) is 6.92 Å². The fraction of sp³-hybridized carbons (Fsp3) is 0.355. The molecule has 3 aromatic rings. The molecule has 0 aromatic heterocycles. The second kappa shape index (κ2) is 15.2. The molecular weight excluding hydrogens is 561 g/mol. The minimum Gasteiger partial charge on any atom is -0.493 e. The monoisotopic (exact) mass is 599 g/mol. The Kier molecular flexibility index (Phi) is 11.7. The van der Waals surface area contributed by atoms with Crippen molar-refractivity contribution < 1.29 is 31.9 Å². The third-order valence-electron chi connectivity index (χ3n) is 6.75. The topological polar surface area (TPSA) is 105 Å². The quantitative estimate of drug-likeness (QED) is 0.253. The molecule has 0 heterocycles. The Balaban J connectivity index is 2.07. The molecule has 3 rings (SSSR count). The number of ether oxygens (including phenoxy) is 2. The van der Waals surface area contributed by atoms with Crippen LogP contribution in [0.15, 0.2) is 77.7 Å². The lowest BCUT2D eigenvalue weighted by atomic mass is 10.1. The van der Waals surface area contributed by atoms with Gasteiger partial charge in [0.25, 0.3) is 10.0 Å². The molecule has 0 saturated heterocycles. The molecule has 0 bridgehead atoms. The van der Waals surface area contributed by atoms with E-state index in [-0.39, 0.29) is 35.2 Å². The van der Waals surface area contributed by atoms with Crippen LogP contribution in [-0.2, 0) is 26.2 Å². The predicted octanol–water partition coefficient (Wildman–Crippen LogP) is 4.76. The summed E-state index contributed by atoms with van der Waals surface area (Å²) in [6, 6.07) is 17.1. The number of hydrogen-bond acceptors (Lipinski definition) is 6. The Morgan fingerprint density at radius 1 is 0.929 bits per heavy atom. The summed E-state index contributed by atoms with van der Waals surface area (Å²) < 4.78 is 53.2. The number of carbonyl (C=O) groups excluding carboxylic acids is 2. The van der Waals surface area contributed by atoms with Crippen LogP contribution in [0.25, 0.3) is 0 Å². The van der Waals surface area contributed by atoms with E-state index in [1.165, 1.54) is 67.7 Å². The Morgan fingerprint density at radius 3 is 2.19 bits per heavy atom. The molecule has 0 saturated carbocycles. The van der Waals surface area contributed by atoms with Crippen molar-refractivity contribution in [2.75, 3.05) is 31.6 Å². The number of methoxy groups -OCH3 is 2. The van der Waals surface area contributed by atoms with Gasteiger partial charge in [-0.15, -0.1) is 0 Å². The van der Waals surface area contributed by atoms with Gasteiger partial charge in [-0.1, -0.05) is 50.6 Å². The van der Waals surface area contributed by atoms with E-state index in [4.69, 9.17) is 9.47 Å². The van der Waals surface area contributed by atoms with Crippen LogP contribution in [0.4, 0.5) is 10.1 Å². The van der Waals surface area contributed by atoms with Crippen molar-refractivity contribution in [3.05, 3.63) is 84.2 Å². The number of benzene rings is 3. The van der Waals surface area contributed by atoms with Crippen molar-refractivity contribution in [3.63, 3.8) is 0 Å². The normalized spacial score (nSPS) is 11.8. The number of halogens is 1. The molecule has 0 fully saturated rings. The van der Waals surface area contributed by atoms with Crippen LogP contribution < -0.4 is 19.1 Å². The summed E-state index contributed by atoms with van der Waals surface area (Å²) in [7, 11) is -1.35. The third kappa shape index (κ3) is 8.00. The first-order chi connectivity index (χ1) is 20.2. The molecule has 1 unspecified atom stereocenters. The molecule has 2 amide bonds. The summed E-state index contributed by atoms with van der Waals surface area (Å²) >= 11 is 0. The van der Waals surface area contributed by atoms with Gasteiger partial charge in [-0.05, 0) is 54.8 Å². The average molecular weight is 600 g/mol. The number of unbranched alkanes of at least 4 members (excludes halogenated alkanes) is 1. The third-order valence-corrected chi connectivity index (χ3v) is 8.53. The first kappa shape index (κ1) is 32.4. The predicted molar refractivity (Wildman–Crippen MR) is 159 cm³/mol. The minimum atomic E-state index is -4.24. The van der Waals surface area contributed by atoms with E-state index in [0.717, 1.165) is 17.1 Å². The van der Waals surface area contributed by atoms with Crippen LogP contribution >= 0.6 is 0 Å². The summed E-state index contributed by atoms with van der Waals surface area (Å²) in [5, 5.41) is 2.88. The van der Waals surface area contributed by atoms with Gasteiger partial charge in [0.2, 0.25) is 11.8 Å². The molecule has 9 nitrogen and oxygen atoms in total. The van der Waals surface area contributed by atoms with Crippen molar-refractivity contribution in [1.29, 1.82) is 0 Å². The highest BCUT2D eigenvalue weighted by atomic mass is 32.2. The van der Waals surface area contributed by atoms with Gasteiger partial charge >= 0.3 is 0 Å². The average Bonchev–Trinajstić information content (AvgIpc) is 3.00. The van der Waals surface area contributed by atoms with Gasteiger partial charge in [0.15, 0.2) is 11.5 Å². The highest BCUT2D eigenvalue weighted by Crippen LogP contribution is 2.34. The molecule has 0 spiro atoms. The maximum atomic E-state index is 14.1. The van der Waals surface area contributed by atoms with Crippen molar-refractivity contribution >= 4 is 27.5 Å². The van der Waals surface area contributed by atoms with Crippen LogP contribution in [0.1, 0.15) is 38.7 Å². The summed E-state index contributed by atoms with van der Waals surface area (Å²) in [6.45, 7) is 3.60. The van der Waals surface area contributed by atoms with Gasteiger partial charge in [-0.3, -0.25) is 13.9 Å². The molecule has 0 aliphatic rings. The first-order valence-corrected chi connectivity index (χ1v) is 15.2. The number of amides is 2. The number of rotatable bonds is 15. The van der Waals surface area contributed by atoms with Crippen molar-refractivity contribution in [2.45, 2.75) is 50.6 Å². The number of anilines is 1. The Bertz CT molecular complexity index is 1430. The highest BCUT2D eigenvalue weighted by molar-refractivity contribution is 7.92. The van der Waals surface area contributed by atoms with Gasteiger partial charge in [0, 0.05) is 19.2 Å². The van der Waals surface area contributed by atoms with Crippen molar-refractivity contribution in [3.8, 4) is 11.5 Å². The van der Waals surface area contributed by atoms with Gasteiger partial charge in [-0.2, -0.15) is 0 Å². The van der Waals surface area contributed by atoms with E-state index in [2.05, 4.69) is 5.32 Å². The number of carbonyl (C=O) groups is 2. The van der Waals surface area contributed by atoms with Gasteiger partial charge in [0.05, 0.1) is 24.8 Å². The maximum absolute atomic E-state index is 14.1. The largest absolute Gasteiger partial charge is 0.493 e. The molecule has 1 N–H and O–H groups in total. The molecule has 0 radical (unpaired) electrons. The first-order valence-electron chi connectivity index (χ1n) is 13.8. The molecule has 11 heteroatoms. The lowest BCUT2D eigenvalue weighted by molar-refractivity contribution is -0.140. The van der Waals surface area contributed by atoms with Crippen molar-refractivity contribution in [2.24, 2.45) is 0 Å². The van der Waals surface area contributed by atoms with Crippen LogP contribution in [0.3, 0.4) is 0 Å². The Morgan fingerprint density at radius 2 is 1.60 bits per heavy atom. The number of hydrogen-bond donors (Lipinski definition) is 1. The molecular formula is C31H38FN3O6S. The molecule has 0 aliphatic carbocycles. The van der Waals surface area contributed by atoms with Crippen LogP contribution in [0, 0.1) is 5.82 Å². The number of sulfonamides is 1. The number of nitrogens with one attached hydrogen (secondary N) is 1. The molecule has 226 valence electrons. The summed E-state index contributed by atoms with van der Waals surface area (Å²) in [5.74, 6) is -0.719. The fourth-order valence-corrected chi connectivity index (χ4v) is 5.87. The minimum absolute atomic E-state index is 0.0120. The van der Waals surface area contributed by atoms with Gasteiger partial charge in [-0.25, -0.2) is 12.8 Å². The molecule has 42 heavy (non-hydrogen) atoms. The standard InChI is InChI=1S/C31H38FN3O6S/c1-5-7-19-33-31(37)27(6-2)34(21-23-13-15-24(32)16-14-23)30(36)22-35(42(38,39)26-11-9-8-10-12-26)25-17-18-28(40-3)29(20-25)41-4/h8-18,20,27H,5-7,19,21-22H2,1-4H3,(H,33,37). The Hall–Kier alpha value is -4.12. The second-order valence-electron chi connectivity index (χ2n) is 9.58. The van der Waals surface area contributed by atoms with Gasteiger partial charge < -0.3 is 19.7 Å². The summed E-state index contributed by atoms with van der Waals surface area (Å²) in [6.07, 6.45) is 1.94. The zero-order valence-electron chi connectivity index (χ0n) is 24.4. The lowest BCUT2D eigenvalue weighted by Gasteiger charge is -2.33. The lowest BCUT2D eigenvalue weighted by Crippen LogP contribution is -2.52. The van der Waals surface area contributed by atoms with Crippen LogP contribution in [0.2, 0.25) is 0 Å². The van der Waals surface area contributed by atoms with E-state index >= 15 is 0 Å².